The van der Waals surface area contributed by atoms with E-state index in [1.54, 1.807) is 16.6 Å². The summed E-state index contributed by atoms with van der Waals surface area (Å²) in [6.07, 6.45) is 2.55. The summed E-state index contributed by atoms with van der Waals surface area (Å²) >= 11 is 1.81. The van der Waals surface area contributed by atoms with E-state index in [4.69, 9.17) is 0 Å². The van der Waals surface area contributed by atoms with E-state index in [2.05, 4.69) is 24.1 Å². The summed E-state index contributed by atoms with van der Waals surface area (Å²) < 4.78 is 26.7. The van der Waals surface area contributed by atoms with Crippen LogP contribution in [0.5, 0.6) is 0 Å². The van der Waals surface area contributed by atoms with Gasteiger partial charge in [-0.3, -0.25) is 0 Å². The molecule has 0 saturated carbocycles. The van der Waals surface area contributed by atoms with E-state index >= 15 is 0 Å². The Morgan fingerprint density at radius 3 is 2.81 bits per heavy atom. The Labute approximate surface area is 131 Å². The van der Waals surface area contributed by atoms with Gasteiger partial charge in [-0.1, -0.05) is 19.9 Å². The number of hydrogen-bond acceptors (Lipinski definition) is 5. The molecule has 2 heterocycles. The zero-order valence-corrected chi connectivity index (χ0v) is 14.2. The summed E-state index contributed by atoms with van der Waals surface area (Å²) in [5.41, 5.74) is 0.995. The molecule has 5 nitrogen and oxygen atoms in total. The molecule has 0 radical (unpaired) electrons. The van der Waals surface area contributed by atoms with Crippen molar-refractivity contribution in [2.45, 2.75) is 37.9 Å². The molecule has 0 bridgehead atoms. The number of hydrogen-bond donors (Lipinski definition) is 1. The molecule has 0 amide bonds. The lowest BCUT2D eigenvalue weighted by Gasteiger charge is -2.19. The van der Waals surface area contributed by atoms with Gasteiger partial charge < -0.3 is 5.32 Å². The second-order valence-corrected chi connectivity index (χ2v) is 8.52. The second-order valence-electron chi connectivity index (χ2n) is 5.41. The van der Waals surface area contributed by atoms with Crippen molar-refractivity contribution in [3.63, 3.8) is 0 Å². The molecule has 1 N–H and O–H groups in total. The molecule has 2 rings (SSSR count). The normalized spacial score (nSPS) is 17.9. The summed E-state index contributed by atoms with van der Waals surface area (Å²) in [4.78, 5) is 4.16. The van der Waals surface area contributed by atoms with Crippen LogP contribution in [-0.4, -0.2) is 48.3 Å². The molecule has 1 aliphatic heterocycles. The van der Waals surface area contributed by atoms with Crippen LogP contribution < -0.4 is 5.32 Å². The highest BCUT2D eigenvalue weighted by Gasteiger charge is 2.26. The van der Waals surface area contributed by atoms with Gasteiger partial charge in [0.2, 0.25) is 0 Å². The first-order valence-electron chi connectivity index (χ1n) is 7.26. The summed E-state index contributed by atoms with van der Waals surface area (Å²) in [7, 11) is -3.44. The lowest BCUT2D eigenvalue weighted by atomic mass is 10.2. The van der Waals surface area contributed by atoms with Gasteiger partial charge in [0.1, 0.15) is 0 Å². The summed E-state index contributed by atoms with van der Waals surface area (Å²) in [5, 5.41) is 3.44. The van der Waals surface area contributed by atoms with E-state index in [1.165, 1.54) is 0 Å². The van der Waals surface area contributed by atoms with Crippen LogP contribution in [0.4, 0.5) is 0 Å². The Balaban J connectivity index is 2.09. The van der Waals surface area contributed by atoms with Gasteiger partial charge in [0.05, 0.1) is 0 Å². The van der Waals surface area contributed by atoms with E-state index in [1.807, 2.05) is 17.8 Å². The molecule has 118 valence electrons. The van der Waals surface area contributed by atoms with Crippen LogP contribution in [-0.2, 0) is 16.6 Å². The number of pyridine rings is 1. The van der Waals surface area contributed by atoms with Crippen molar-refractivity contribution in [3.8, 4) is 0 Å². The molecule has 1 aromatic rings. The zero-order valence-electron chi connectivity index (χ0n) is 12.6. The van der Waals surface area contributed by atoms with Gasteiger partial charge in [-0.15, -0.1) is 0 Å². The summed E-state index contributed by atoms with van der Waals surface area (Å²) in [6, 6.07) is 3.84. The molecule has 1 fully saturated rings. The highest BCUT2D eigenvalue weighted by molar-refractivity contribution is 7.99. The molecule has 0 atom stereocenters. The van der Waals surface area contributed by atoms with Crippen LogP contribution in [0.3, 0.4) is 0 Å². The van der Waals surface area contributed by atoms with E-state index < -0.39 is 10.0 Å². The molecule has 0 aromatic carbocycles. The molecule has 1 aromatic heterocycles. The molecule has 0 spiro atoms. The molecule has 1 aliphatic rings. The minimum Gasteiger partial charge on any atom is -0.310 e. The molecule has 7 heteroatoms. The number of rotatable bonds is 5. The van der Waals surface area contributed by atoms with Crippen LogP contribution in [0.15, 0.2) is 23.4 Å². The maximum absolute atomic E-state index is 12.6. The van der Waals surface area contributed by atoms with Gasteiger partial charge in [-0.2, -0.15) is 16.1 Å². The average molecular weight is 329 g/mol. The fraction of sp³-hybridized carbons (Fsp3) is 0.643. The molecule has 21 heavy (non-hydrogen) atoms. The van der Waals surface area contributed by atoms with Crippen LogP contribution in [0.2, 0.25) is 0 Å². The minimum absolute atomic E-state index is 0.155. The standard InChI is InChI=1S/C14H23N3O2S2/c1-12(2)15-10-13-4-5-14(16-11-13)21(18,19)17-6-3-8-20-9-7-17/h4-5,11-12,15H,3,6-10H2,1-2H3. The van der Waals surface area contributed by atoms with E-state index in [9.17, 15) is 8.42 Å². The Morgan fingerprint density at radius 1 is 1.33 bits per heavy atom. The van der Waals surface area contributed by atoms with Crippen LogP contribution in [0.25, 0.3) is 0 Å². The molecule has 1 saturated heterocycles. The third-order valence-electron chi connectivity index (χ3n) is 3.30. The van der Waals surface area contributed by atoms with E-state index in [0.717, 1.165) is 23.5 Å². The Morgan fingerprint density at radius 2 is 2.14 bits per heavy atom. The predicted molar refractivity (Wildman–Crippen MR) is 86.9 cm³/mol. The number of aromatic nitrogens is 1. The maximum atomic E-state index is 12.6. The maximum Gasteiger partial charge on any atom is 0.260 e. The lowest BCUT2D eigenvalue weighted by Crippen LogP contribution is -2.33. The SMILES string of the molecule is CC(C)NCc1ccc(S(=O)(=O)N2CCCSCC2)nc1. The van der Waals surface area contributed by atoms with Crippen molar-refractivity contribution in [3.05, 3.63) is 23.9 Å². The van der Waals surface area contributed by atoms with Gasteiger partial charge in [0.15, 0.2) is 5.03 Å². The van der Waals surface area contributed by atoms with Crippen molar-refractivity contribution in [1.82, 2.24) is 14.6 Å². The van der Waals surface area contributed by atoms with Gasteiger partial charge in [0, 0.05) is 37.6 Å². The van der Waals surface area contributed by atoms with Crippen molar-refractivity contribution in [1.29, 1.82) is 0 Å². The Kier molecular flexibility index (Phi) is 6.04. The van der Waals surface area contributed by atoms with Gasteiger partial charge in [-0.25, -0.2) is 13.4 Å². The zero-order chi connectivity index (χ0) is 15.3. The van der Waals surface area contributed by atoms with E-state index in [-0.39, 0.29) is 5.03 Å². The number of sulfonamides is 1. The molecule has 0 unspecified atom stereocenters. The molecular formula is C14H23N3O2S2. The minimum atomic E-state index is -3.44. The first-order valence-corrected chi connectivity index (χ1v) is 9.86. The van der Waals surface area contributed by atoms with E-state index in [0.29, 0.717) is 25.7 Å². The monoisotopic (exact) mass is 329 g/mol. The fourth-order valence-electron chi connectivity index (χ4n) is 2.09. The first-order chi connectivity index (χ1) is 10.00. The quantitative estimate of drug-likeness (QED) is 0.891. The smallest absolute Gasteiger partial charge is 0.260 e. The topological polar surface area (TPSA) is 62.3 Å². The van der Waals surface area contributed by atoms with Crippen LogP contribution in [0, 0.1) is 0 Å². The van der Waals surface area contributed by atoms with Crippen molar-refractivity contribution >= 4 is 21.8 Å². The lowest BCUT2D eigenvalue weighted by molar-refractivity contribution is 0.432. The van der Waals surface area contributed by atoms with Crippen molar-refractivity contribution in [2.24, 2.45) is 0 Å². The average Bonchev–Trinajstić information content (AvgIpc) is 2.75. The highest BCUT2D eigenvalue weighted by atomic mass is 32.2. The van der Waals surface area contributed by atoms with Crippen molar-refractivity contribution < 1.29 is 8.42 Å². The summed E-state index contributed by atoms with van der Waals surface area (Å²) in [6.45, 7) is 6.01. The van der Waals surface area contributed by atoms with Crippen LogP contribution in [0.1, 0.15) is 25.8 Å². The third kappa shape index (κ3) is 4.67. The number of nitrogens with one attached hydrogen (secondary N) is 1. The van der Waals surface area contributed by atoms with Crippen molar-refractivity contribution in [2.75, 3.05) is 24.6 Å². The molecule has 0 aliphatic carbocycles. The predicted octanol–water partition coefficient (Wildman–Crippen LogP) is 1.71. The largest absolute Gasteiger partial charge is 0.310 e. The Hall–Kier alpha value is -0.630. The molecular weight excluding hydrogens is 306 g/mol. The van der Waals surface area contributed by atoms with Gasteiger partial charge >= 0.3 is 0 Å². The highest BCUT2D eigenvalue weighted by Crippen LogP contribution is 2.18. The third-order valence-corrected chi connectivity index (χ3v) is 6.16. The van der Waals surface area contributed by atoms with Gasteiger partial charge in [0.25, 0.3) is 10.0 Å². The second kappa shape index (κ2) is 7.58. The van der Waals surface area contributed by atoms with Crippen LogP contribution >= 0.6 is 11.8 Å². The first kappa shape index (κ1) is 16.7. The Bertz CT molecular complexity index is 536. The summed E-state index contributed by atoms with van der Waals surface area (Å²) in [5.74, 6) is 1.88. The van der Waals surface area contributed by atoms with Gasteiger partial charge in [-0.05, 0) is 23.8 Å². The number of thioether (sulfide) groups is 1. The number of nitrogens with zero attached hydrogens (tertiary/aromatic N) is 2. The fourth-order valence-corrected chi connectivity index (χ4v) is 4.48.